The summed E-state index contributed by atoms with van der Waals surface area (Å²) in [5.74, 6) is -1.36. The first-order valence-electron chi connectivity index (χ1n) is 10.3. The zero-order chi connectivity index (χ0) is 22.8. The largest absolute Gasteiger partial charge is 0.481 e. The van der Waals surface area contributed by atoms with E-state index in [1.165, 1.54) is 11.0 Å². The molecule has 1 fully saturated rings. The first kappa shape index (κ1) is 21.9. The Morgan fingerprint density at radius 2 is 1.97 bits per heavy atom. The first-order valence-corrected chi connectivity index (χ1v) is 10.7. The number of nitrogens with zero attached hydrogens (tertiary/aromatic N) is 1. The second-order valence-corrected chi connectivity index (χ2v) is 8.25. The minimum atomic E-state index is -0.894. The number of fused-ring (bicyclic) bond motifs is 1. The molecule has 2 aromatic carbocycles. The maximum atomic E-state index is 12.8. The molecule has 4 rings (SSSR count). The van der Waals surface area contributed by atoms with Gasteiger partial charge in [0.05, 0.1) is 5.92 Å². The number of rotatable bonds is 5. The minimum absolute atomic E-state index is 0.176. The zero-order valence-corrected chi connectivity index (χ0v) is 18.2. The van der Waals surface area contributed by atoms with E-state index < -0.39 is 23.6 Å². The van der Waals surface area contributed by atoms with Crippen molar-refractivity contribution < 1.29 is 23.8 Å². The van der Waals surface area contributed by atoms with Crippen molar-refractivity contribution in [3.63, 3.8) is 0 Å². The second-order valence-electron chi connectivity index (χ2n) is 7.84. The van der Waals surface area contributed by atoms with Gasteiger partial charge in [0, 0.05) is 46.8 Å². The third-order valence-electron chi connectivity index (χ3n) is 5.62. The lowest BCUT2D eigenvalue weighted by atomic mass is 9.98. The van der Waals surface area contributed by atoms with Crippen LogP contribution in [-0.4, -0.2) is 41.1 Å². The highest BCUT2D eigenvalue weighted by Gasteiger charge is 2.31. The van der Waals surface area contributed by atoms with E-state index in [9.17, 15) is 19.5 Å². The number of ether oxygens (including phenoxy) is 1. The van der Waals surface area contributed by atoms with E-state index in [0.717, 1.165) is 0 Å². The Kier molecular flexibility index (Phi) is 6.19. The number of hydrogen-bond acceptors (Lipinski definition) is 5. The van der Waals surface area contributed by atoms with E-state index in [1.807, 2.05) is 18.2 Å². The Morgan fingerprint density at radius 3 is 2.72 bits per heavy atom. The van der Waals surface area contributed by atoms with Crippen molar-refractivity contribution in [1.29, 1.82) is 0 Å². The molecule has 2 heterocycles. The van der Waals surface area contributed by atoms with Crippen LogP contribution < -0.4 is 10.4 Å². The Balaban J connectivity index is 1.58. The number of aliphatic carboxylic acids is 1. The average molecular weight is 456 g/mol. The summed E-state index contributed by atoms with van der Waals surface area (Å²) in [4.78, 5) is 37.8. The number of carboxylic acid groups (broad SMARTS) is 1. The third-order valence-corrected chi connectivity index (χ3v) is 5.95. The lowest BCUT2D eigenvalue weighted by Crippen LogP contribution is -2.47. The normalized spacial score (nSPS) is 17.2. The Hall–Kier alpha value is -3.32. The summed E-state index contributed by atoms with van der Waals surface area (Å²) in [7, 11) is 0. The molecule has 0 radical (unpaired) electrons. The van der Waals surface area contributed by atoms with Gasteiger partial charge < -0.3 is 19.2 Å². The fourth-order valence-corrected chi connectivity index (χ4v) is 4.25. The van der Waals surface area contributed by atoms with Gasteiger partial charge in [-0.2, -0.15) is 0 Å². The lowest BCUT2D eigenvalue weighted by molar-refractivity contribution is -0.147. The molecule has 166 valence electrons. The summed E-state index contributed by atoms with van der Waals surface area (Å²) in [6.45, 7) is 2.30. The van der Waals surface area contributed by atoms with Gasteiger partial charge in [0.1, 0.15) is 11.3 Å². The molecule has 3 aromatic rings. The smallest absolute Gasteiger partial charge is 0.336 e. The molecule has 1 N–H and O–H groups in total. The van der Waals surface area contributed by atoms with Crippen LogP contribution in [0, 0.1) is 5.92 Å². The van der Waals surface area contributed by atoms with E-state index in [-0.39, 0.29) is 12.5 Å². The van der Waals surface area contributed by atoms with Crippen molar-refractivity contribution in [2.24, 2.45) is 5.92 Å². The standard InChI is InChI=1S/C24H22ClNO6/c1-14(23(28)26-10-4-5-15(13-26)24(29)30)31-16-8-9-18-19(12-22(27)32-21(18)11-16)17-6-2-3-7-20(17)25/h2-3,6-9,11-12,14-15H,4-5,10,13H2,1H3,(H,29,30). The Morgan fingerprint density at radius 1 is 1.19 bits per heavy atom. The van der Waals surface area contributed by atoms with Crippen molar-refractivity contribution in [2.75, 3.05) is 13.1 Å². The average Bonchev–Trinajstić information content (AvgIpc) is 2.78. The molecule has 1 saturated heterocycles. The van der Waals surface area contributed by atoms with Crippen LogP contribution in [0.5, 0.6) is 5.75 Å². The van der Waals surface area contributed by atoms with Gasteiger partial charge in [-0.1, -0.05) is 29.8 Å². The molecule has 1 aliphatic rings. The highest BCUT2D eigenvalue weighted by molar-refractivity contribution is 6.33. The third kappa shape index (κ3) is 4.48. The summed E-state index contributed by atoms with van der Waals surface area (Å²) in [5.41, 5.74) is 1.14. The van der Waals surface area contributed by atoms with Crippen molar-refractivity contribution in [2.45, 2.75) is 25.9 Å². The second kappa shape index (κ2) is 9.04. The van der Waals surface area contributed by atoms with E-state index in [0.29, 0.717) is 52.3 Å². The number of amides is 1. The van der Waals surface area contributed by atoms with Gasteiger partial charge in [0.2, 0.25) is 0 Å². The molecule has 0 bridgehead atoms. The number of likely N-dealkylation sites (tertiary alicyclic amines) is 1. The molecule has 32 heavy (non-hydrogen) atoms. The molecule has 0 saturated carbocycles. The molecular formula is C24H22ClNO6. The highest BCUT2D eigenvalue weighted by Crippen LogP contribution is 2.34. The molecule has 2 unspecified atom stereocenters. The summed E-state index contributed by atoms with van der Waals surface area (Å²) in [5, 5.41) is 10.4. The van der Waals surface area contributed by atoms with Crippen LogP contribution in [0.15, 0.2) is 57.7 Å². The summed E-state index contributed by atoms with van der Waals surface area (Å²) in [6, 6.07) is 13.6. The molecule has 8 heteroatoms. The van der Waals surface area contributed by atoms with E-state index in [2.05, 4.69) is 0 Å². The topological polar surface area (TPSA) is 97.0 Å². The van der Waals surface area contributed by atoms with Gasteiger partial charge in [-0.25, -0.2) is 4.79 Å². The number of hydrogen-bond donors (Lipinski definition) is 1. The molecule has 0 spiro atoms. The number of halogens is 1. The summed E-state index contributed by atoms with van der Waals surface area (Å²) < 4.78 is 11.2. The highest BCUT2D eigenvalue weighted by atomic mass is 35.5. The Bertz CT molecular complexity index is 1240. The number of carbonyl (C=O) groups excluding carboxylic acids is 1. The summed E-state index contributed by atoms with van der Waals surface area (Å²) >= 11 is 6.31. The maximum absolute atomic E-state index is 12.8. The van der Waals surface area contributed by atoms with Crippen molar-refractivity contribution >= 4 is 34.4 Å². The van der Waals surface area contributed by atoms with Gasteiger partial charge in [-0.05, 0) is 38.0 Å². The minimum Gasteiger partial charge on any atom is -0.481 e. The fraction of sp³-hybridized carbons (Fsp3) is 0.292. The molecule has 1 aliphatic heterocycles. The van der Waals surface area contributed by atoms with Crippen LogP contribution in [0.4, 0.5) is 0 Å². The lowest BCUT2D eigenvalue weighted by Gasteiger charge is -2.32. The van der Waals surface area contributed by atoms with Gasteiger partial charge in [0.25, 0.3) is 5.91 Å². The first-order chi connectivity index (χ1) is 15.3. The molecule has 2 atom stereocenters. The van der Waals surface area contributed by atoms with Gasteiger partial charge >= 0.3 is 11.6 Å². The molecule has 0 aliphatic carbocycles. The van der Waals surface area contributed by atoms with Crippen LogP contribution in [0.3, 0.4) is 0 Å². The number of carboxylic acids is 1. The molecule has 1 aromatic heterocycles. The molecule has 1 amide bonds. The van der Waals surface area contributed by atoms with Crippen LogP contribution in [-0.2, 0) is 9.59 Å². The van der Waals surface area contributed by atoms with Crippen LogP contribution in [0.2, 0.25) is 5.02 Å². The van der Waals surface area contributed by atoms with Crippen molar-refractivity contribution in [3.8, 4) is 16.9 Å². The molecular weight excluding hydrogens is 434 g/mol. The zero-order valence-electron chi connectivity index (χ0n) is 17.4. The number of piperidine rings is 1. The number of carbonyl (C=O) groups is 2. The van der Waals surface area contributed by atoms with Crippen LogP contribution in [0.25, 0.3) is 22.1 Å². The monoisotopic (exact) mass is 455 g/mol. The number of benzene rings is 2. The quantitative estimate of drug-likeness (QED) is 0.579. The van der Waals surface area contributed by atoms with Crippen LogP contribution in [0.1, 0.15) is 19.8 Å². The van der Waals surface area contributed by atoms with Gasteiger partial charge in [-0.3, -0.25) is 9.59 Å². The van der Waals surface area contributed by atoms with E-state index in [1.54, 1.807) is 31.2 Å². The van der Waals surface area contributed by atoms with Crippen molar-refractivity contribution in [3.05, 3.63) is 64.0 Å². The van der Waals surface area contributed by atoms with Gasteiger partial charge in [-0.15, -0.1) is 0 Å². The Labute approximate surface area is 189 Å². The van der Waals surface area contributed by atoms with Crippen LogP contribution >= 0.6 is 11.6 Å². The SMILES string of the molecule is CC(Oc1ccc2c(-c3ccccc3Cl)cc(=O)oc2c1)C(=O)N1CCCC(C(=O)O)C1. The van der Waals surface area contributed by atoms with E-state index in [4.69, 9.17) is 20.8 Å². The predicted molar refractivity (Wildman–Crippen MR) is 120 cm³/mol. The fourth-order valence-electron chi connectivity index (χ4n) is 4.01. The summed E-state index contributed by atoms with van der Waals surface area (Å²) in [6.07, 6.45) is 0.381. The maximum Gasteiger partial charge on any atom is 0.336 e. The van der Waals surface area contributed by atoms with Gasteiger partial charge in [0.15, 0.2) is 6.10 Å². The van der Waals surface area contributed by atoms with Crippen molar-refractivity contribution in [1.82, 2.24) is 4.90 Å². The predicted octanol–water partition coefficient (Wildman–Crippen LogP) is 4.20. The molecule has 7 nitrogen and oxygen atoms in total. The van der Waals surface area contributed by atoms with E-state index >= 15 is 0 Å².